The van der Waals surface area contributed by atoms with Crippen LogP contribution in [0.1, 0.15) is 44.2 Å². The van der Waals surface area contributed by atoms with E-state index in [4.69, 9.17) is 0 Å². The lowest BCUT2D eigenvalue weighted by atomic mass is 9.78. The summed E-state index contributed by atoms with van der Waals surface area (Å²) in [4.78, 5) is 24.7. The van der Waals surface area contributed by atoms with Crippen LogP contribution in [0.4, 0.5) is 0 Å². The second kappa shape index (κ2) is 4.47. The minimum Gasteiger partial charge on any atom is -0.294 e. The van der Waals surface area contributed by atoms with Crippen molar-refractivity contribution in [3.8, 4) is 0 Å². The van der Waals surface area contributed by atoms with E-state index in [-0.39, 0.29) is 23.9 Å². The average Bonchev–Trinajstić information content (AvgIpc) is 2.43. The number of aryl methyl sites for hydroxylation is 1. The van der Waals surface area contributed by atoms with E-state index in [1.165, 1.54) is 0 Å². The molecule has 2 aromatic rings. The van der Waals surface area contributed by atoms with Crippen molar-refractivity contribution >= 4 is 11.6 Å². The van der Waals surface area contributed by atoms with Gasteiger partial charge < -0.3 is 0 Å². The summed E-state index contributed by atoms with van der Waals surface area (Å²) in [5, 5.41) is 0. The monoisotopic (exact) mass is 250 g/mol. The smallest absolute Gasteiger partial charge is 0.171 e. The molecule has 1 atom stereocenters. The number of Topliss-reactive ketones (excluding diaryl/α,β-unsaturated/α-hetero) is 2. The maximum atomic E-state index is 12.5. The molecule has 0 saturated heterocycles. The molecule has 0 fully saturated rings. The van der Waals surface area contributed by atoms with Gasteiger partial charge in [-0.25, -0.2) is 0 Å². The zero-order valence-corrected chi connectivity index (χ0v) is 10.7. The Kier molecular flexibility index (Phi) is 2.79. The van der Waals surface area contributed by atoms with Gasteiger partial charge in [-0.2, -0.15) is 0 Å². The summed E-state index contributed by atoms with van der Waals surface area (Å²) in [7, 11) is 0. The van der Waals surface area contributed by atoms with Crippen LogP contribution in [0.2, 0.25) is 0 Å². The van der Waals surface area contributed by atoms with Gasteiger partial charge in [0.05, 0.1) is 5.92 Å². The number of hydrogen-bond donors (Lipinski definition) is 0. The largest absolute Gasteiger partial charge is 0.294 e. The third kappa shape index (κ3) is 1.99. The van der Waals surface area contributed by atoms with E-state index in [9.17, 15) is 9.59 Å². The summed E-state index contributed by atoms with van der Waals surface area (Å²) >= 11 is 0. The number of carbonyl (C=O) groups is 2. The topological polar surface area (TPSA) is 34.1 Å². The number of rotatable bonds is 1. The Labute approximate surface area is 112 Å². The predicted octanol–water partition coefficient (Wildman–Crippen LogP) is 3.55. The van der Waals surface area contributed by atoms with Crippen LogP contribution < -0.4 is 0 Å². The fourth-order valence-electron chi connectivity index (χ4n) is 2.63. The maximum Gasteiger partial charge on any atom is 0.171 e. The summed E-state index contributed by atoms with van der Waals surface area (Å²) in [6.45, 7) is 1.93. The van der Waals surface area contributed by atoms with Crippen LogP contribution in [-0.4, -0.2) is 11.6 Å². The van der Waals surface area contributed by atoms with Gasteiger partial charge in [0, 0.05) is 17.5 Å². The predicted molar refractivity (Wildman–Crippen MR) is 73.6 cm³/mol. The Morgan fingerprint density at radius 3 is 2.42 bits per heavy atom. The molecule has 0 aromatic heterocycles. The molecule has 0 N–H and O–H groups in total. The lowest BCUT2D eigenvalue weighted by Crippen LogP contribution is -2.25. The standard InChI is InChI=1S/C17H14O2/c1-11-7-8-13-15(9-11)16(18)10-14(17(13)19)12-5-3-2-4-6-12/h2-9,14H,10H2,1H3/t14-/m0/s1. The van der Waals surface area contributed by atoms with Crippen molar-refractivity contribution < 1.29 is 9.59 Å². The molecule has 1 aliphatic carbocycles. The zero-order valence-electron chi connectivity index (χ0n) is 10.7. The summed E-state index contributed by atoms with van der Waals surface area (Å²) < 4.78 is 0. The van der Waals surface area contributed by atoms with E-state index < -0.39 is 0 Å². The molecule has 0 heterocycles. The van der Waals surface area contributed by atoms with Gasteiger partial charge >= 0.3 is 0 Å². The first-order valence-corrected chi connectivity index (χ1v) is 6.40. The van der Waals surface area contributed by atoms with Crippen LogP contribution in [0, 0.1) is 6.92 Å². The fourth-order valence-corrected chi connectivity index (χ4v) is 2.63. The van der Waals surface area contributed by atoms with Crippen LogP contribution >= 0.6 is 0 Å². The summed E-state index contributed by atoms with van der Waals surface area (Å²) in [5.41, 5.74) is 3.08. The van der Waals surface area contributed by atoms with Gasteiger partial charge in [0.25, 0.3) is 0 Å². The Balaban J connectivity index is 2.08. The fraction of sp³-hybridized carbons (Fsp3) is 0.176. The summed E-state index contributed by atoms with van der Waals surface area (Å²) in [6.07, 6.45) is 0.277. The lowest BCUT2D eigenvalue weighted by Gasteiger charge is -2.23. The Morgan fingerprint density at radius 2 is 1.68 bits per heavy atom. The molecule has 19 heavy (non-hydrogen) atoms. The van der Waals surface area contributed by atoms with E-state index in [0.717, 1.165) is 11.1 Å². The number of ketones is 2. The molecule has 0 unspecified atom stereocenters. The van der Waals surface area contributed by atoms with E-state index >= 15 is 0 Å². The van der Waals surface area contributed by atoms with Gasteiger partial charge in [0.2, 0.25) is 0 Å². The molecule has 0 bridgehead atoms. The van der Waals surface area contributed by atoms with Crippen LogP contribution in [0.15, 0.2) is 48.5 Å². The number of benzene rings is 2. The van der Waals surface area contributed by atoms with Gasteiger partial charge in [0.15, 0.2) is 11.6 Å². The first-order chi connectivity index (χ1) is 9.16. The molecule has 1 aliphatic rings. The summed E-state index contributed by atoms with van der Waals surface area (Å²) in [5.74, 6) is -0.211. The van der Waals surface area contributed by atoms with Crippen LogP contribution in [0.25, 0.3) is 0 Å². The second-order valence-corrected chi connectivity index (χ2v) is 5.00. The van der Waals surface area contributed by atoms with Crippen molar-refractivity contribution in [1.82, 2.24) is 0 Å². The van der Waals surface area contributed by atoms with E-state index in [0.29, 0.717) is 11.1 Å². The lowest BCUT2D eigenvalue weighted by molar-refractivity contribution is 0.0865. The SMILES string of the molecule is Cc1ccc2c(c1)C(=O)C[C@@H](c1ccccc1)C2=O. The van der Waals surface area contributed by atoms with Crippen molar-refractivity contribution in [2.75, 3.05) is 0 Å². The second-order valence-electron chi connectivity index (χ2n) is 5.00. The molecule has 2 heteroatoms. The number of carbonyl (C=O) groups excluding carboxylic acids is 2. The summed E-state index contributed by atoms with van der Waals surface area (Å²) in [6, 6.07) is 15.0. The minimum atomic E-state index is -0.330. The highest BCUT2D eigenvalue weighted by Crippen LogP contribution is 2.32. The average molecular weight is 250 g/mol. The number of hydrogen-bond acceptors (Lipinski definition) is 2. The maximum absolute atomic E-state index is 12.5. The highest BCUT2D eigenvalue weighted by molar-refractivity contribution is 6.16. The van der Waals surface area contributed by atoms with E-state index in [2.05, 4.69) is 0 Å². The highest BCUT2D eigenvalue weighted by Gasteiger charge is 2.33. The zero-order chi connectivity index (χ0) is 13.4. The molecule has 0 saturated carbocycles. The molecule has 2 aromatic carbocycles. The third-order valence-corrected chi connectivity index (χ3v) is 3.65. The molecule has 0 radical (unpaired) electrons. The van der Waals surface area contributed by atoms with Gasteiger partial charge in [-0.15, -0.1) is 0 Å². The van der Waals surface area contributed by atoms with E-state index in [1.54, 1.807) is 6.07 Å². The number of fused-ring (bicyclic) bond motifs is 1. The molecule has 0 amide bonds. The third-order valence-electron chi connectivity index (χ3n) is 3.65. The van der Waals surface area contributed by atoms with Gasteiger partial charge in [-0.1, -0.05) is 48.0 Å². The van der Waals surface area contributed by atoms with Crippen LogP contribution in [0.5, 0.6) is 0 Å². The first-order valence-electron chi connectivity index (χ1n) is 6.40. The van der Waals surface area contributed by atoms with E-state index in [1.807, 2.05) is 49.4 Å². The molecular formula is C17H14O2. The van der Waals surface area contributed by atoms with Gasteiger partial charge in [0.1, 0.15) is 0 Å². The van der Waals surface area contributed by atoms with Gasteiger partial charge in [-0.05, 0) is 18.6 Å². The normalized spacial score (nSPS) is 18.3. The van der Waals surface area contributed by atoms with Crippen LogP contribution in [0.3, 0.4) is 0 Å². The molecule has 0 spiro atoms. The Bertz CT molecular complexity index is 656. The molecule has 3 rings (SSSR count). The van der Waals surface area contributed by atoms with Crippen LogP contribution in [-0.2, 0) is 0 Å². The molecule has 94 valence electrons. The molecular weight excluding hydrogens is 236 g/mol. The van der Waals surface area contributed by atoms with Crippen molar-refractivity contribution in [1.29, 1.82) is 0 Å². The quantitative estimate of drug-likeness (QED) is 0.775. The highest BCUT2D eigenvalue weighted by atomic mass is 16.1. The molecule has 0 aliphatic heterocycles. The molecule has 2 nitrogen and oxygen atoms in total. The first kappa shape index (κ1) is 11.8. The van der Waals surface area contributed by atoms with Gasteiger partial charge in [-0.3, -0.25) is 9.59 Å². The van der Waals surface area contributed by atoms with Crippen molar-refractivity contribution in [3.63, 3.8) is 0 Å². The van der Waals surface area contributed by atoms with Crippen molar-refractivity contribution in [2.24, 2.45) is 0 Å². The Hall–Kier alpha value is -2.22. The van der Waals surface area contributed by atoms with Crippen molar-refractivity contribution in [2.45, 2.75) is 19.3 Å². The Morgan fingerprint density at radius 1 is 0.947 bits per heavy atom. The minimum absolute atomic E-state index is 0.0563. The van der Waals surface area contributed by atoms with Crippen molar-refractivity contribution in [3.05, 3.63) is 70.8 Å².